The summed E-state index contributed by atoms with van der Waals surface area (Å²) < 4.78 is 23.3. The number of nitrogens with zero attached hydrogens (tertiary/aromatic N) is 3. The number of hydrogen-bond donors (Lipinski definition) is 1. The van der Waals surface area contributed by atoms with Crippen molar-refractivity contribution in [3.63, 3.8) is 0 Å². The molecule has 25 heavy (non-hydrogen) atoms. The SMILES string of the molecule is Cc1nc(NC2CCS(=O)(=O)C2)cc(N2CCc3ccccc3C2)n1. The minimum Gasteiger partial charge on any atom is -0.366 e. The van der Waals surface area contributed by atoms with E-state index in [0.717, 1.165) is 25.3 Å². The summed E-state index contributed by atoms with van der Waals surface area (Å²) >= 11 is 0. The van der Waals surface area contributed by atoms with Crippen LogP contribution in [-0.4, -0.2) is 42.5 Å². The van der Waals surface area contributed by atoms with Crippen molar-refractivity contribution in [2.45, 2.75) is 32.4 Å². The fourth-order valence-corrected chi connectivity index (χ4v) is 5.27. The van der Waals surface area contributed by atoms with Gasteiger partial charge < -0.3 is 10.2 Å². The molecule has 4 rings (SSSR count). The van der Waals surface area contributed by atoms with Crippen LogP contribution in [0.1, 0.15) is 23.4 Å². The summed E-state index contributed by atoms with van der Waals surface area (Å²) in [6.07, 6.45) is 1.64. The molecule has 1 N–H and O–H groups in total. The van der Waals surface area contributed by atoms with E-state index in [1.54, 1.807) is 0 Å². The van der Waals surface area contributed by atoms with Gasteiger partial charge in [0.05, 0.1) is 11.5 Å². The number of aromatic nitrogens is 2. The Bertz CT molecular complexity index is 898. The first-order valence-corrected chi connectivity index (χ1v) is 10.4. The monoisotopic (exact) mass is 358 g/mol. The molecule has 2 aliphatic heterocycles. The van der Waals surface area contributed by atoms with Crippen molar-refractivity contribution in [3.8, 4) is 0 Å². The van der Waals surface area contributed by atoms with Gasteiger partial charge in [-0.2, -0.15) is 0 Å². The van der Waals surface area contributed by atoms with E-state index in [1.165, 1.54) is 11.1 Å². The number of nitrogens with one attached hydrogen (secondary N) is 1. The molecule has 0 saturated carbocycles. The highest BCUT2D eigenvalue weighted by Gasteiger charge is 2.28. The van der Waals surface area contributed by atoms with E-state index in [1.807, 2.05) is 13.0 Å². The molecule has 0 aliphatic carbocycles. The zero-order valence-electron chi connectivity index (χ0n) is 14.3. The zero-order valence-corrected chi connectivity index (χ0v) is 15.1. The van der Waals surface area contributed by atoms with Crippen molar-refractivity contribution in [1.82, 2.24) is 9.97 Å². The Balaban J connectivity index is 1.54. The summed E-state index contributed by atoms with van der Waals surface area (Å²) in [5, 5.41) is 3.28. The van der Waals surface area contributed by atoms with Crippen LogP contribution in [0.4, 0.5) is 11.6 Å². The smallest absolute Gasteiger partial charge is 0.152 e. The van der Waals surface area contributed by atoms with Gasteiger partial charge in [-0.15, -0.1) is 0 Å². The normalized spacial score (nSPS) is 21.8. The minimum atomic E-state index is -2.91. The molecule has 0 amide bonds. The highest BCUT2D eigenvalue weighted by molar-refractivity contribution is 7.91. The molecular weight excluding hydrogens is 336 g/mol. The molecule has 1 unspecified atom stereocenters. The van der Waals surface area contributed by atoms with Gasteiger partial charge in [-0.05, 0) is 30.9 Å². The van der Waals surface area contributed by atoms with Crippen LogP contribution in [0.25, 0.3) is 0 Å². The van der Waals surface area contributed by atoms with Crippen LogP contribution in [-0.2, 0) is 22.8 Å². The highest BCUT2D eigenvalue weighted by atomic mass is 32.2. The number of fused-ring (bicyclic) bond motifs is 1. The number of rotatable bonds is 3. The summed E-state index contributed by atoms with van der Waals surface area (Å²) in [5.41, 5.74) is 2.74. The summed E-state index contributed by atoms with van der Waals surface area (Å²) in [6, 6.07) is 10.4. The second-order valence-electron chi connectivity index (χ2n) is 6.84. The second kappa shape index (κ2) is 6.29. The van der Waals surface area contributed by atoms with Crippen LogP contribution in [0.2, 0.25) is 0 Å². The number of anilines is 2. The topological polar surface area (TPSA) is 75.2 Å². The summed E-state index contributed by atoms with van der Waals surface area (Å²) in [5.74, 6) is 2.74. The Kier molecular flexibility index (Phi) is 4.11. The van der Waals surface area contributed by atoms with E-state index in [4.69, 9.17) is 0 Å². The molecular formula is C18H22N4O2S. The number of benzene rings is 1. The lowest BCUT2D eigenvalue weighted by atomic mass is 10.00. The van der Waals surface area contributed by atoms with Crippen molar-refractivity contribution < 1.29 is 8.42 Å². The molecule has 2 aromatic rings. The standard InChI is InChI=1S/C18H22N4O2S/c1-13-19-17(21-16-7-9-25(23,24)12-16)10-18(20-13)22-8-6-14-4-2-3-5-15(14)11-22/h2-5,10,16H,6-9,11-12H2,1H3,(H,19,20,21). The van der Waals surface area contributed by atoms with Crippen molar-refractivity contribution >= 4 is 21.5 Å². The molecule has 1 fully saturated rings. The fraction of sp³-hybridized carbons (Fsp3) is 0.444. The van der Waals surface area contributed by atoms with E-state index >= 15 is 0 Å². The fourth-order valence-electron chi connectivity index (χ4n) is 3.60. The van der Waals surface area contributed by atoms with Gasteiger partial charge in [-0.3, -0.25) is 0 Å². The number of hydrogen-bond acceptors (Lipinski definition) is 6. The first-order chi connectivity index (χ1) is 12.0. The molecule has 1 saturated heterocycles. The Morgan fingerprint density at radius 3 is 2.76 bits per heavy atom. The Hall–Kier alpha value is -2.15. The van der Waals surface area contributed by atoms with Gasteiger partial charge in [0.1, 0.15) is 17.5 Å². The molecule has 6 nitrogen and oxygen atoms in total. The van der Waals surface area contributed by atoms with Crippen LogP contribution < -0.4 is 10.2 Å². The van der Waals surface area contributed by atoms with Crippen LogP contribution >= 0.6 is 0 Å². The molecule has 1 atom stereocenters. The van der Waals surface area contributed by atoms with Gasteiger partial charge in [0.2, 0.25) is 0 Å². The molecule has 0 bridgehead atoms. The van der Waals surface area contributed by atoms with Gasteiger partial charge in [-0.1, -0.05) is 24.3 Å². The molecule has 1 aromatic carbocycles. The lowest BCUT2D eigenvalue weighted by Crippen LogP contribution is -2.31. The lowest BCUT2D eigenvalue weighted by molar-refractivity contribution is 0.602. The van der Waals surface area contributed by atoms with Gasteiger partial charge in [0.15, 0.2) is 9.84 Å². The second-order valence-corrected chi connectivity index (χ2v) is 9.07. The maximum atomic E-state index is 11.6. The predicted octanol–water partition coefficient (Wildman–Crippen LogP) is 1.95. The van der Waals surface area contributed by atoms with Crippen LogP contribution in [0.15, 0.2) is 30.3 Å². The average Bonchev–Trinajstić information content (AvgIpc) is 2.92. The van der Waals surface area contributed by atoms with Crippen molar-refractivity contribution in [2.24, 2.45) is 0 Å². The molecule has 0 radical (unpaired) electrons. The maximum Gasteiger partial charge on any atom is 0.152 e. The largest absolute Gasteiger partial charge is 0.366 e. The summed E-state index contributed by atoms with van der Waals surface area (Å²) in [7, 11) is -2.91. The van der Waals surface area contributed by atoms with Crippen molar-refractivity contribution in [1.29, 1.82) is 0 Å². The Morgan fingerprint density at radius 1 is 1.20 bits per heavy atom. The molecule has 2 aliphatic rings. The van der Waals surface area contributed by atoms with E-state index in [2.05, 4.69) is 44.5 Å². The van der Waals surface area contributed by atoms with Crippen molar-refractivity contribution in [2.75, 3.05) is 28.3 Å². The third-order valence-electron chi connectivity index (χ3n) is 4.86. The van der Waals surface area contributed by atoms with Gasteiger partial charge in [-0.25, -0.2) is 18.4 Å². The first kappa shape index (κ1) is 16.3. The van der Waals surface area contributed by atoms with Gasteiger partial charge in [0, 0.05) is 25.2 Å². The van der Waals surface area contributed by atoms with E-state index in [0.29, 0.717) is 18.1 Å². The first-order valence-electron chi connectivity index (χ1n) is 8.63. The molecule has 1 aromatic heterocycles. The highest BCUT2D eigenvalue weighted by Crippen LogP contribution is 2.25. The predicted molar refractivity (Wildman–Crippen MR) is 98.6 cm³/mol. The zero-order chi connectivity index (χ0) is 17.4. The lowest BCUT2D eigenvalue weighted by Gasteiger charge is -2.30. The van der Waals surface area contributed by atoms with Crippen LogP contribution in [0.3, 0.4) is 0 Å². The Morgan fingerprint density at radius 2 is 2.00 bits per heavy atom. The van der Waals surface area contributed by atoms with Crippen LogP contribution in [0, 0.1) is 6.92 Å². The molecule has 0 spiro atoms. The van der Waals surface area contributed by atoms with E-state index in [-0.39, 0.29) is 17.5 Å². The number of sulfone groups is 1. The molecule has 3 heterocycles. The van der Waals surface area contributed by atoms with E-state index < -0.39 is 9.84 Å². The van der Waals surface area contributed by atoms with Crippen molar-refractivity contribution in [3.05, 3.63) is 47.3 Å². The quantitative estimate of drug-likeness (QED) is 0.904. The third kappa shape index (κ3) is 3.61. The Labute approximate surface area is 148 Å². The maximum absolute atomic E-state index is 11.6. The summed E-state index contributed by atoms with van der Waals surface area (Å²) in [4.78, 5) is 11.3. The van der Waals surface area contributed by atoms with Gasteiger partial charge >= 0.3 is 0 Å². The van der Waals surface area contributed by atoms with E-state index in [9.17, 15) is 8.42 Å². The third-order valence-corrected chi connectivity index (χ3v) is 6.63. The number of aryl methyl sites for hydroxylation is 1. The minimum absolute atomic E-state index is 0.0609. The average molecular weight is 358 g/mol. The molecule has 132 valence electrons. The summed E-state index contributed by atoms with van der Waals surface area (Å²) in [6.45, 7) is 3.63. The molecule has 7 heteroatoms. The van der Waals surface area contributed by atoms with Gasteiger partial charge in [0.25, 0.3) is 0 Å². The van der Waals surface area contributed by atoms with Crippen LogP contribution in [0.5, 0.6) is 0 Å².